The maximum Gasteiger partial charge on any atom is 0.0782 e. The van der Waals surface area contributed by atoms with E-state index in [1.54, 1.807) is 0 Å². The van der Waals surface area contributed by atoms with Crippen LogP contribution in [0.1, 0.15) is 90.9 Å². The van der Waals surface area contributed by atoms with Gasteiger partial charge in [0.05, 0.1) is 27.2 Å². The van der Waals surface area contributed by atoms with Gasteiger partial charge in [0.2, 0.25) is 0 Å². The van der Waals surface area contributed by atoms with Gasteiger partial charge in [-0.05, 0) is 19.8 Å². The molecule has 1 heteroatoms. The summed E-state index contributed by atoms with van der Waals surface area (Å²) in [5.41, 5.74) is 0. The largest absolute Gasteiger partial charge is 0.329 e. The summed E-state index contributed by atoms with van der Waals surface area (Å²) in [7, 11) is 4.69. The summed E-state index contributed by atoms with van der Waals surface area (Å²) in [6.45, 7) is 7.20. The van der Waals surface area contributed by atoms with Gasteiger partial charge in [0.1, 0.15) is 0 Å². The fraction of sp³-hybridized carbons (Fsp3) is 1.00. The van der Waals surface area contributed by atoms with Gasteiger partial charge < -0.3 is 4.48 Å². The Kier molecular flexibility index (Phi) is 12.9. The van der Waals surface area contributed by atoms with E-state index in [2.05, 4.69) is 27.9 Å². The van der Waals surface area contributed by atoms with Gasteiger partial charge in [0, 0.05) is 0 Å². The first-order valence-corrected chi connectivity index (χ1v) is 8.94. The highest BCUT2D eigenvalue weighted by molar-refractivity contribution is 4.48. The molecule has 0 saturated carbocycles. The van der Waals surface area contributed by atoms with Crippen LogP contribution in [0.3, 0.4) is 0 Å². The van der Waals surface area contributed by atoms with Crippen LogP contribution in [0.4, 0.5) is 0 Å². The predicted molar refractivity (Wildman–Crippen MR) is 88.6 cm³/mol. The van der Waals surface area contributed by atoms with E-state index in [0.717, 1.165) is 0 Å². The van der Waals surface area contributed by atoms with Gasteiger partial charge in [-0.1, -0.05) is 71.1 Å². The van der Waals surface area contributed by atoms with Gasteiger partial charge in [0.15, 0.2) is 0 Å². The molecular weight excluding hydrogens is 230 g/mol. The van der Waals surface area contributed by atoms with Crippen molar-refractivity contribution >= 4 is 0 Å². The minimum absolute atomic E-state index is 1.19. The summed E-state index contributed by atoms with van der Waals surface area (Å²) in [5, 5.41) is 0. The molecule has 0 amide bonds. The maximum absolute atomic E-state index is 2.35. The summed E-state index contributed by atoms with van der Waals surface area (Å²) in [4.78, 5) is 0. The van der Waals surface area contributed by atoms with Gasteiger partial charge in [0.25, 0.3) is 0 Å². The molecule has 0 aliphatic heterocycles. The van der Waals surface area contributed by atoms with Crippen LogP contribution in [-0.2, 0) is 0 Å². The van der Waals surface area contributed by atoms with Crippen LogP contribution in [0, 0.1) is 0 Å². The third-order valence-corrected chi connectivity index (χ3v) is 4.47. The number of quaternary nitrogens is 1. The lowest BCUT2D eigenvalue weighted by Gasteiger charge is -2.28. The predicted octanol–water partition coefficient (Wildman–Crippen LogP) is 5.78. The minimum atomic E-state index is 1.19. The zero-order valence-corrected chi connectivity index (χ0v) is 14.3. The second-order valence-electron chi connectivity index (χ2n) is 6.86. The van der Waals surface area contributed by atoms with Crippen LogP contribution in [0.5, 0.6) is 0 Å². The Morgan fingerprint density at radius 2 is 0.895 bits per heavy atom. The standard InChI is InChI=1S/C18H40N/c1-5-7-8-9-10-11-12-13-14-15-16-17-18-19(3,4)6-2/h5-18H2,1-4H3/q+1. The van der Waals surface area contributed by atoms with Crippen LogP contribution in [0.15, 0.2) is 0 Å². The Balaban J connectivity index is 3.07. The number of hydrogen-bond acceptors (Lipinski definition) is 0. The van der Waals surface area contributed by atoms with E-state index in [9.17, 15) is 0 Å². The quantitative estimate of drug-likeness (QED) is 0.277. The van der Waals surface area contributed by atoms with Crippen LogP contribution in [-0.4, -0.2) is 31.7 Å². The highest BCUT2D eigenvalue weighted by Gasteiger charge is 2.09. The average molecular weight is 271 g/mol. The van der Waals surface area contributed by atoms with E-state index in [1.165, 1.54) is 94.6 Å². The number of nitrogens with zero attached hydrogens (tertiary/aromatic N) is 1. The Morgan fingerprint density at radius 1 is 0.526 bits per heavy atom. The highest BCUT2D eigenvalue weighted by Crippen LogP contribution is 2.12. The van der Waals surface area contributed by atoms with Gasteiger partial charge >= 0.3 is 0 Å². The second-order valence-corrected chi connectivity index (χ2v) is 6.86. The van der Waals surface area contributed by atoms with E-state index in [1.807, 2.05) is 0 Å². The molecular formula is C18H40N+. The van der Waals surface area contributed by atoms with Crippen molar-refractivity contribution in [2.75, 3.05) is 27.2 Å². The van der Waals surface area contributed by atoms with Crippen LogP contribution in [0.2, 0.25) is 0 Å². The smallest absolute Gasteiger partial charge is 0.0782 e. The topological polar surface area (TPSA) is 0 Å². The molecule has 0 unspecified atom stereocenters. The van der Waals surface area contributed by atoms with E-state index >= 15 is 0 Å². The molecule has 0 aromatic rings. The number of unbranched alkanes of at least 4 members (excludes halogenated alkanes) is 11. The molecule has 0 heterocycles. The van der Waals surface area contributed by atoms with Crippen molar-refractivity contribution in [3.05, 3.63) is 0 Å². The van der Waals surface area contributed by atoms with E-state index in [4.69, 9.17) is 0 Å². The Hall–Kier alpha value is -0.0400. The Bertz CT molecular complexity index is 175. The molecule has 0 radical (unpaired) electrons. The molecule has 1 nitrogen and oxygen atoms in total. The summed E-state index contributed by atoms with van der Waals surface area (Å²) in [6, 6.07) is 0. The average Bonchev–Trinajstić information content (AvgIpc) is 2.40. The van der Waals surface area contributed by atoms with Crippen molar-refractivity contribution in [3.8, 4) is 0 Å². The molecule has 19 heavy (non-hydrogen) atoms. The molecule has 0 N–H and O–H groups in total. The number of hydrogen-bond donors (Lipinski definition) is 0. The van der Waals surface area contributed by atoms with Crippen molar-refractivity contribution in [1.29, 1.82) is 0 Å². The fourth-order valence-corrected chi connectivity index (χ4v) is 2.54. The maximum atomic E-state index is 2.35. The third kappa shape index (κ3) is 14.2. The lowest BCUT2D eigenvalue weighted by atomic mass is 10.1. The van der Waals surface area contributed by atoms with Gasteiger partial charge in [-0.3, -0.25) is 0 Å². The van der Waals surface area contributed by atoms with Crippen molar-refractivity contribution < 1.29 is 4.48 Å². The van der Waals surface area contributed by atoms with Crippen molar-refractivity contribution in [3.63, 3.8) is 0 Å². The Morgan fingerprint density at radius 3 is 1.26 bits per heavy atom. The van der Waals surface area contributed by atoms with E-state index in [0.29, 0.717) is 0 Å². The molecule has 0 atom stereocenters. The molecule has 0 aliphatic rings. The minimum Gasteiger partial charge on any atom is -0.329 e. The van der Waals surface area contributed by atoms with Gasteiger partial charge in [-0.2, -0.15) is 0 Å². The molecule has 0 spiro atoms. The zero-order valence-electron chi connectivity index (χ0n) is 14.3. The summed E-state index contributed by atoms with van der Waals surface area (Å²) < 4.78 is 1.19. The first-order valence-electron chi connectivity index (χ1n) is 8.94. The molecule has 0 aromatic heterocycles. The monoisotopic (exact) mass is 270 g/mol. The molecule has 0 fully saturated rings. The normalized spacial score (nSPS) is 12.0. The Labute approximate surface area is 123 Å². The molecule has 0 aromatic carbocycles. The van der Waals surface area contributed by atoms with Crippen LogP contribution >= 0.6 is 0 Å². The van der Waals surface area contributed by atoms with Gasteiger partial charge in [-0.15, -0.1) is 0 Å². The molecule has 0 saturated heterocycles. The third-order valence-electron chi connectivity index (χ3n) is 4.47. The molecule has 0 bridgehead atoms. The van der Waals surface area contributed by atoms with E-state index in [-0.39, 0.29) is 0 Å². The zero-order chi connectivity index (χ0) is 14.4. The van der Waals surface area contributed by atoms with Crippen molar-refractivity contribution in [2.45, 2.75) is 90.9 Å². The second kappa shape index (κ2) is 13.0. The first-order chi connectivity index (χ1) is 9.12. The molecule has 0 rings (SSSR count). The van der Waals surface area contributed by atoms with Crippen LogP contribution in [0.25, 0.3) is 0 Å². The summed E-state index contributed by atoms with van der Waals surface area (Å²) >= 11 is 0. The molecule has 0 aliphatic carbocycles. The van der Waals surface area contributed by atoms with Gasteiger partial charge in [-0.25, -0.2) is 0 Å². The van der Waals surface area contributed by atoms with Crippen molar-refractivity contribution in [2.24, 2.45) is 0 Å². The number of rotatable bonds is 14. The lowest BCUT2D eigenvalue weighted by Crippen LogP contribution is -2.39. The van der Waals surface area contributed by atoms with Crippen molar-refractivity contribution in [1.82, 2.24) is 0 Å². The summed E-state index contributed by atoms with van der Waals surface area (Å²) in [6.07, 6.45) is 17.4. The fourth-order valence-electron chi connectivity index (χ4n) is 2.54. The lowest BCUT2D eigenvalue weighted by molar-refractivity contribution is -0.888. The summed E-state index contributed by atoms with van der Waals surface area (Å²) in [5.74, 6) is 0. The first kappa shape index (κ1) is 19.0. The SMILES string of the molecule is CCCCCCCCCCCCCC[N+](C)(C)CC. The highest BCUT2D eigenvalue weighted by atomic mass is 15.3. The molecule has 116 valence electrons. The van der Waals surface area contributed by atoms with Crippen LogP contribution < -0.4 is 0 Å². The van der Waals surface area contributed by atoms with E-state index < -0.39 is 0 Å².